The molecule has 1 atom stereocenters. The number of benzene rings is 1. The fourth-order valence-electron chi connectivity index (χ4n) is 1.07. The minimum absolute atomic E-state index is 0.0160. The largest absolute Gasteiger partial charge is 0.406 e. The Hall–Kier alpha value is -1.95. The van der Waals surface area contributed by atoms with Crippen LogP contribution in [0, 0.1) is 0 Å². The van der Waals surface area contributed by atoms with Gasteiger partial charge in [-0.25, -0.2) is 4.21 Å². The van der Waals surface area contributed by atoms with Gasteiger partial charge in [0.25, 0.3) is 0 Å². The van der Waals surface area contributed by atoms with Gasteiger partial charge in [-0.05, 0) is 29.1 Å². The van der Waals surface area contributed by atoms with E-state index >= 15 is 0 Å². The molecule has 0 N–H and O–H groups in total. The Bertz CT molecular complexity index is 545. The van der Waals surface area contributed by atoms with Crippen LogP contribution in [0.1, 0.15) is 5.56 Å². The van der Waals surface area contributed by atoms with Crippen LogP contribution in [0.2, 0.25) is 0 Å². The summed E-state index contributed by atoms with van der Waals surface area (Å²) < 4.78 is 21.7. The molecule has 0 spiro atoms. The van der Waals surface area contributed by atoms with Gasteiger partial charge in [0, 0.05) is 10.3 Å². The molecule has 7 heteroatoms. The van der Waals surface area contributed by atoms with E-state index in [2.05, 4.69) is 22.5 Å². The SMILES string of the molecule is C=CS(=C)(=O)Oc1ccc(COCN=[N+]=[N-])cc1. The van der Waals surface area contributed by atoms with Gasteiger partial charge < -0.3 is 8.92 Å². The molecule has 18 heavy (non-hydrogen) atoms. The molecule has 96 valence electrons. The minimum atomic E-state index is -2.73. The zero-order chi connectivity index (χ0) is 13.4. The molecular formula is C11H13N3O3S. The van der Waals surface area contributed by atoms with E-state index in [-0.39, 0.29) is 6.73 Å². The standard InChI is InChI=1S/C11H13N3O3S/c1-3-18(2,15)17-11-6-4-10(5-7-11)8-16-9-13-14-12/h3-7H,1-2,8-9H2. The maximum atomic E-state index is 11.5. The molecule has 1 aromatic carbocycles. The van der Waals surface area contributed by atoms with Gasteiger partial charge in [-0.1, -0.05) is 23.8 Å². The van der Waals surface area contributed by atoms with Crippen LogP contribution in [0.5, 0.6) is 5.75 Å². The molecule has 0 saturated carbocycles. The molecule has 0 fully saturated rings. The van der Waals surface area contributed by atoms with Gasteiger partial charge >= 0.3 is 0 Å². The molecule has 0 radical (unpaired) electrons. The van der Waals surface area contributed by atoms with Gasteiger partial charge in [0.1, 0.15) is 22.3 Å². The molecule has 0 aliphatic carbocycles. The molecule has 0 bridgehead atoms. The number of nitrogens with zero attached hydrogens (tertiary/aromatic N) is 3. The van der Waals surface area contributed by atoms with E-state index in [1.807, 2.05) is 0 Å². The number of azide groups is 1. The second-order valence-electron chi connectivity index (χ2n) is 3.27. The van der Waals surface area contributed by atoms with Crippen LogP contribution in [0.3, 0.4) is 0 Å². The fourth-order valence-corrected chi connectivity index (χ4v) is 1.57. The van der Waals surface area contributed by atoms with E-state index < -0.39 is 9.80 Å². The second kappa shape index (κ2) is 6.70. The van der Waals surface area contributed by atoms with E-state index in [4.69, 9.17) is 14.5 Å². The molecule has 1 rings (SSSR count). The highest BCUT2D eigenvalue weighted by molar-refractivity contribution is 7.99. The molecule has 0 saturated heterocycles. The van der Waals surface area contributed by atoms with Crippen molar-refractivity contribution in [2.75, 3.05) is 6.73 Å². The lowest BCUT2D eigenvalue weighted by atomic mass is 10.2. The summed E-state index contributed by atoms with van der Waals surface area (Å²) in [6.07, 6.45) is 0. The summed E-state index contributed by atoms with van der Waals surface area (Å²) in [5.74, 6) is 3.83. The summed E-state index contributed by atoms with van der Waals surface area (Å²) in [5, 5.41) is 4.41. The fraction of sp³-hybridized carbons (Fsp3) is 0.182. The van der Waals surface area contributed by atoms with Crippen molar-refractivity contribution in [1.82, 2.24) is 0 Å². The third kappa shape index (κ3) is 4.92. The van der Waals surface area contributed by atoms with Gasteiger partial charge in [-0.3, -0.25) is 0 Å². The molecule has 0 amide bonds. The summed E-state index contributed by atoms with van der Waals surface area (Å²) in [6, 6.07) is 6.81. The van der Waals surface area contributed by atoms with Gasteiger partial charge in [-0.15, -0.1) is 0 Å². The van der Waals surface area contributed by atoms with Crippen LogP contribution >= 0.6 is 0 Å². The van der Waals surface area contributed by atoms with Crippen molar-refractivity contribution < 1.29 is 13.1 Å². The Morgan fingerprint density at radius 3 is 2.67 bits per heavy atom. The van der Waals surface area contributed by atoms with Gasteiger partial charge in [0.15, 0.2) is 0 Å². The number of rotatable bonds is 7. The van der Waals surface area contributed by atoms with Gasteiger partial charge in [-0.2, -0.15) is 0 Å². The number of hydrogen-bond donors (Lipinski definition) is 0. The van der Waals surface area contributed by atoms with Crippen molar-refractivity contribution in [3.8, 4) is 5.75 Å². The van der Waals surface area contributed by atoms with Crippen LogP contribution in [-0.2, 0) is 21.1 Å². The maximum Gasteiger partial charge on any atom is 0.140 e. The first kappa shape index (κ1) is 14.1. The van der Waals surface area contributed by atoms with Crippen molar-refractivity contribution in [2.24, 2.45) is 5.11 Å². The minimum Gasteiger partial charge on any atom is -0.406 e. The molecule has 6 nitrogen and oxygen atoms in total. The van der Waals surface area contributed by atoms with Crippen LogP contribution < -0.4 is 4.18 Å². The highest BCUT2D eigenvalue weighted by Gasteiger charge is 2.01. The zero-order valence-electron chi connectivity index (χ0n) is 9.69. The normalized spacial score (nSPS) is 13.1. The van der Waals surface area contributed by atoms with E-state index in [0.29, 0.717) is 12.4 Å². The average molecular weight is 267 g/mol. The van der Waals surface area contributed by atoms with Gasteiger partial charge in [0.05, 0.1) is 6.61 Å². The molecule has 0 aliphatic rings. The lowest BCUT2D eigenvalue weighted by Crippen LogP contribution is -2.04. The van der Waals surface area contributed by atoms with Crippen LogP contribution in [0.15, 0.2) is 41.4 Å². The number of hydrogen-bond acceptors (Lipinski definition) is 4. The highest BCUT2D eigenvalue weighted by atomic mass is 32.2. The maximum absolute atomic E-state index is 11.5. The van der Waals surface area contributed by atoms with Gasteiger partial charge in [0.2, 0.25) is 0 Å². The van der Waals surface area contributed by atoms with Crippen molar-refractivity contribution in [3.05, 3.63) is 52.3 Å². The predicted molar refractivity (Wildman–Crippen MR) is 71.3 cm³/mol. The highest BCUT2D eigenvalue weighted by Crippen LogP contribution is 2.15. The molecular weight excluding hydrogens is 254 g/mol. The van der Waals surface area contributed by atoms with Crippen LogP contribution in [-0.4, -0.2) is 16.8 Å². The van der Waals surface area contributed by atoms with E-state index in [1.165, 1.54) is 5.41 Å². The smallest absolute Gasteiger partial charge is 0.140 e. The third-order valence-corrected chi connectivity index (χ3v) is 2.88. The van der Waals surface area contributed by atoms with E-state index in [9.17, 15) is 4.21 Å². The second-order valence-corrected chi connectivity index (χ2v) is 5.09. The third-order valence-electron chi connectivity index (χ3n) is 1.90. The van der Waals surface area contributed by atoms with Crippen LogP contribution in [0.4, 0.5) is 0 Å². The average Bonchev–Trinajstić information content (AvgIpc) is 2.36. The Labute approximate surface area is 106 Å². The Kier molecular flexibility index (Phi) is 5.26. The lowest BCUT2D eigenvalue weighted by Gasteiger charge is -2.07. The lowest BCUT2D eigenvalue weighted by molar-refractivity contribution is 0.127. The monoisotopic (exact) mass is 267 g/mol. The summed E-state index contributed by atoms with van der Waals surface area (Å²) in [7, 11) is -2.73. The molecule has 0 heterocycles. The Morgan fingerprint density at radius 2 is 2.11 bits per heavy atom. The first-order valence-corrected chi connectivity index (χ1v) is 6.65. The number of ether oxygens (including phenoxy) is 1. The van der Waals surface area contributed by atoms with Crippen molar-refractivity contribution in [1.29, 1.82) is 0 Å². The van der Waals surface area contributed by atoms with E-state index in [1.54, 1.807) is 24.3 Å². The Morgan fingerprint density at radius 1 is 1.44 bits per heavy atom. The summed E-state index contributed by atoms with van der Waals surface area (Å²) in [6.45, 7) is 3.69. The quantitative estimate of drug-likeness (QED) is 0.250. The summed E-state index contributed by atoms with van der Waals surface area (Å²) in [4.78, 5) is 2.56. The summed E-state index contributed by atoms with van der Waals surface area (Å²) in [5.41, 5.74) is 8.93. The topological polar surface area (TPSA) is 84.3 Å². The van der Waals surface area contributed by atoms with Crippen LogP contribution in [0.25, 0.3) is 10.4 Å². The molecule has 0 aromatic heterocycles. The first-order chi connectivity index (χ1) is 8.57. The van der Waals surface area contributed by atoms with Crippen molar-refractivity contribution in [2.45, 2.75) is 6.61 Å². The van der Waals surface area contributed by atoms with Crippen molar-refractivity contribution >= 4 is 15.7 Å². The summed E-state index contributed by atoms with van der Waals surface area (Å²) >= 11 is 0. The molecule has 1 unspecified atom stereocenters. The van der Waals surface area contributed by atoms with E-state index in [0.717, 1.165) is 5.56 Å². The first-order valence-electron chi connectivity index (χ1n) is 4.94. The zero-order valence-corrected chi connectivity index (χ0v) is 10.5. The van der Waals surface area contributed by atoms with Crippen molar-refractivity contribution in [3.63, 3.8) is 0 Å². The predicted octanol–water partition coefficient (Wildman–Crippen LogP) is 2.62. The Balaban J connectivity index is 2.57. The molecule has 0 aliphatic heterocycles. The molecule has 1 aromatic rings.